The lowest BCUT2D eigenvalue weighted by molar-refractivity contribution is -0.138. The zero-order chi connectivity index (χ0) is 20.4. The number of halogens is 3. The third-order valence-electron chi connectivity index (χ3n) is 4.77. The second kappa shape index (κ2) is 7.95. The monoisotopic (exact) mass is 411 g/mol. The van der Waals surface area contributed by atoms with Crippen LogP contribution < -0.4 is 0 Å². The van der Waals surface area contributed by atoms with Crippen LogP contribution in [0.2, 0.25) is 0 Å². The minimum atomic E-state index is -4.48. The maximum atomic E-state index is 12.9. The molecule has 0 aromatic heterocycles. The van der Waals surface area contributed by atoms with E-state index in [1.54, 1.807) is 0 Å². The quantitative estimate of drug-likeness (QED) is 0.757. The van der Waals surface area contributed by atoms with Crippen LogP contribution in [0.4, 0.5) is 13.2 Å². The molecule has 2 aromatic carbocycles. The molecule has 0 radical (unpaired) electrons. The number of carbonyl (C=O) groups excluding carboxylic acids is 1. The Balaban J connectivity index is 1.82. The molecule has 1 unspecified atom stereocenters. The molecule has 2 aromatic rings. The van der Waals surface area contributed by atoms with E-state index in [-0.39, 0.29) is 35.9 Å². The first-order valence-corrected chi connectivity index (χ1v) is 10.7. The van der Waals surface area contributed by atoms with E-state index in [1.807, 2.05) is 30.3 Å². The summed E-state index contributed by atoms with van der Waals surface area (Å²) in [6.45, 7) is 0.221. The third-order valence-corrected chi connectivity index (χ3v) is 6.53. The zero-order valence-corrected chi connectivity index (χ0v) is 15.8. The van der Waals surface area contributed by atoms with E-state index in [2.05, 4.69) is 0 Å². The van der Waals surface area contributed by atoms with Crippen molar-refractivity contribution in [1.29, 1.82) is 0 Å². The van der Waals surface area contributed by atoms with E-state index in [9.17, 15) is 26.4 Å². The summed E-state index contributed by atoms with van der Waals surface area (Å²) in [5, 5.41) is 0. The van der Waals surface area contributed by atoms with Crippen LogP contribution in [-0.4, -0.2) is 36.8 Å². The summed E-state index contributed by atoms with van der Waals surface area (Å²) >= 11 is 0. The molecule has 0 spiro atoms. The second-order valence-corrected chi connectivity index (χ2v) is 9.17. The Morgan fingerprint density at radius 1 is 1.04 bits per heavy atom. The highest BCUT2D eigenvalue weighted by atomic mass is 32.2. The highest BCUT2D eigenvalue weighted by Crippen LogP contribution is 2.30. The van der Waals surface area contributed by atoms with Crippen molar-refractivity contribution in [3.63, 3.8) is 0 Å². The van der Waals surface area contributed by atoms with Crippen molar-refractivity contribution in [1.82, 2.24) is 4.90 Å². The molecular formula is C20H20F3NO3S. The largest absolute Gasteiger partial charge is 0.416 e. The molecule has 1 heterocycles. The number of carbonyl (C=O) groups is 1. The molecule has 4 nitrogen and oxygen atoms in total. The van der Waals surface area contributed by atoms with Gasteiger partial charge < -0.3 is 4.90 Å². The molecule has 0 saturated carbocycles. The van der Waals surface area contributed by atoms with E-state index in [1.165, 1.54) is 17.0 Å². The number of hydrogen-bond acceptors (Lipinski definition) is 3. The highest BCUT2D eigenvalue weighted by Gasteiger charge is 2.35. The number of rotatable bonds is 5. The Morgan fingerprint density at radius 2 is 1.71 bits per heavy atom. The summed E-state index contributed by atoms with van der Waals surface area (Å²) in [6, 6.07) is 13.3. The Kier molecular flexibility index (Phi) is 5.79. The minimum absolute atomic E-state index is 0.0137. The predicted molar refractivity (Wildman–Crippen MR) is 99.2 cm³/mol. The number of benzene rings is 2. The number of nitrogens with zero attached hydrogens (tertiary/aromatic N) is 1. The van der Waals surface area contributed by atoms with Gasteiger partial charge in [0, 0.05) is 12.6 Å². The molecule has 1 aliphatic heterocycles. The number of alkyl halides is 3. The maximum Gasteiger partial charge on any atom is 0.416 e. The summed E-state index contributed by atoms with van der Waals surface area (Å²) < 4.78 is 62.5. The molecule has 8 heteroatoms. The fraction of sp³-hybridized carbons (Fsp3) is 0.350. The topological polar surface area (TPSA) is 54.5 Å². The number of hydrogen-bond donors (Lipinski definition) is 0. The first-order chi connectivity index (χ1) is 13.1. The van der Waals surface area contributed by atoms with Crippen LogP contribution in [0.5, 0.6) is 0 Å². The van der Waals surface area contributed by atoms with Gasteiger partial charge in [0.25, 0.3) is 0 Å². The van der Waals surface area contributed by atoms with Crippen LogP contribution in [0.15, 0.2) is 54.6 Å². The summed E-state index contributed by atoms with van der Waals surface area (Å²) in [4.78, 5) is 14.4. The highest BCUT2D eigenvalue weighted by molar-refractivity contribution is 7.91. The second-order valence-electron chi connectivity index (χ2n) is 6.94. The van der Waals surface area contributed by atoms with Crippen molar-refractivity contribution in [3.8, 4) is 0 Å². The summed E-state index contributed by atoms with van der Waals surface area (Å²) in [6.07, 6.45) is -4.36. The molecule has 1 aliphatic rings. The van der Waals surface area contributed by atoms with Crippen LogP contribution in [-0.2, 0) is 33.8 Å². The average Bonchev–Trinajstić information content (AvgIpc) is 2.99. The first-order valence-electron chi connectivity index (χ1n) is 8.84. The van der Waals surface area contributed by atoms with Gasteiger partial charge >= 0.3 is 6.18 Å². The third kappa shape index (κ3) is 5.13. The zero-order valence-electron chi connectivity index (χ0n) is 15.0. The number of sulfone groups is 1. The fourth-order valence-electron chi connectivity index (χ4n) is 3.36. The first kappa shape index (κ1) is 20.4. The minimum Gasteiger partial charge on any atom is -0.334 e. The molecule has 28 heavy (non-hydrogen) atoms. The SMILES string of the molecule is O=C(Cc1cccc(C(F)(F)F)c1)N(Cc1ccccc1)C1CCS(=O)(=O)C1. The lowest BCUT2D eigenvalue weighted by Gasteiger charge is -2.28. The molecule has 3 rings (SSSR count). The lowest BCUT2D eigenvalue weighted by atomic mass is 10.1. The Hall–Kier alpha value is -2.35. The van der Waals surface area contributed by atoms with Crippen LogP contribution in [0.3, 0.4) is 0 Å². The summed E-state index contributed by atoms with van der Waals surface area (Å²) in [5.74, 6) is -0.487. The molecule has 1 atom stereocenters. The lowest BCUT2D eigenvalue weighted by Crippen LogP contribution is -2.41. The van der Waals surface area contributed by atoms with Crippen molar-refractivity contribution < 1.29 is 26.4 Å². The van der Waals surface area contributed by atoms with E-state index in [0.29, 0.717) is 6.42 Å². The van der Waals surface area contributed by atoms with Crippen LogP contribution in [0, 0.1) is 0 Å². The van der Waals surface area contributed by atoms with E-state index < -0.39 is 27.6 Å². The van der Waals surface area contributed by atoms with Gasteiger partial charge in [-0.2, -0.15) is 13.2 Å². The molecule has 150 valence electrons. The molecule has 1 amide bonds. The van der Waals surface area contributed by atoms with Crippen molar-refractivity contribution >= 4 is 15.7 Å². The number of amides is 1. The van der Waals surface area contributed by atoms with Crippen molar-refractivity contribution in [2.45, 2.75) is 31.6 Å². The van der Waals surface area contributed by atoms with E-state index >= 15 is 0 Å². The summed E-state index contributed by atoms with van der Waals surface area (Å²) in [5.41, 5.74) is 0.277. The van der Waals surface area contributed by atoms with Gasteiger partial charge in [0.1, 0.15) is 0 Å². The molecular weight excluding hydrogens is 391 g/mol. The smallest absolute Gasteiger partial charge is 0.334 e. The standard InChI is InChI=1S/C20H20F3NO3S/c21-20(22,23)17-8-4-7-16(11-17)12-19(25)24(13-15-5-2-1-3-6-15)18-9-10-28(26,27)14-18/h1-8,11,18H,9-10,12-14H2. The van der Waals surface area contributed by atoms with Crippen molar-refractivity contribution in [2.75, 3.05) is 11.5 Å². The van der Waals surface area contributed by atoms with Crippen LogP contribution in [0.1, 0.15) is 23.1 Å². The van der Waals surface area contributed by atoms with E-state index in [0.717, 1.165) is 17.7 Å². The molecule has 0 aliphatic carbocycles. The molecule has 1 fully saturated rings. The van der Waals surface area contributed by atoms with Gasteiger partial charge in [-0.1, -0.05) is 48.5 Å². The Morgan fingerprint density at radius 3 is 2.32 bits per heavy atom. The molecule has 0 bridgehead atoms. The van der Waals surface area contributed by atoms with Crippen LogP contribution in [0.25, 0.3) is 0 Å². The predicted octanol–water partition coefficient (Wildman–Crippen LogP) is 3.46. The van der Waals surface area contributed by atoms with Gasteiger partial charge in [-0.05, 0) is 23.6 Å². The van der Waals surface area contributed by atoms with Gasteiger partial charge in [-0.25, -0.2) is 8.42 Å². The van der Waals surface area contributed by atoms with Crippen LogP contribution >= 0.6 is 0 Å². The van der Waals surface area contributed by atoms with Gasteiger partial charge in [-0.15, -0.1) is 0 Å². The Labute approximate surface area is 161 Å². The Bertz CT molecular complexity index is 943. The average molecular weight is 411 g/mol. The fourth-order valence-corrected chi connectivity index (χ4v) is 5.09. The molecule has 1 saturated heterocycles. The van der Waals surface area contributed by atoms with Crippen molar-refractivity contribution in [2.24, 2.45) is 0 Å². The van der Waals surface area contributed by atoms with Gasteiger partial charge in [0.2, 0.25) is 5.91 Å². The van der Waals surface area contributed by atoms with E-state index in [4.69, 9.17) is 0 Å². The summed E-state index contributed by atoms with van der Waals surface area (Å²) in [7, 11) is -3.21. The normalized spacial score (nSPS) is 18.8. The van der Waals surface area contributed by atoms with Gasteiger partial charge in [0.05, 0.1) is 23.5 Å². The maximum absolute atomic E-state index is 12.9. The van der Waals surface area contributed by atoms with Gasteiger partial charge in [-0.3, -0.25) is 4.79 Å². The van der Waals surface area contributed by atoms with Gasteiger partial charge in [0.15, 0.2) is 9.84 Å². The van der Waals surface area contributed by atoms with Crippen molar-refractivity contribution in [3.05, 3.63) is 71.3 Å². The molecule has 0 N–H and O–H groups in total.